The van der Waals surface area contributed by atoms with Gasteiger partial charge in [-0.3, -0.25) is 4.79 Å². The van der Waals surface area contributed by atoms with Gasteiger partial charge in [-0.25, -0.2) is 0 Å². The second-order valence-electron chi connectivity index (χ2n) is 3.87. The van der Waals surface area contributed by atoms with Crippen molar-refractivity contribution in [3.05, 3.63) is 4.88 Å². The normalized spacial score (nSPS) is 10.4. The summed E-state index contributed by atoms with van der Waals surface area (Å²) in [7, 11) is 5.14. The van der Waals surface area contributed by atoms with Crippen molar-refractivity contribution in [1.29, 1.82) is 0 Å². The van der Waals surface area contributed by atoms with Crippen LogP contribution in [0, 0.1) is 0 Å². The molecule has 0 saturated carbocycles. The summed E-state index contributed by atoms with van der Waals surface area (Å²) >= 11 is 1.37. The highest BCUT2D eigenvalue weighted by molar-refractivity contribution is 7.19. The molecule has 0 radical (unpaired) electrons. The maximum atomic E-state index is 11.8. The van der Waals surface area contributed by atoms with Gasteiger partial charge in [-0.2, -0.15) is 0 Å². The Morgan fingerprint density at radius 2 is 2.11 bits per heavy atom. The van der Waals surface area contributed by atoms with Gasteiger partial charge < -0.3 is 20.1 Å². The Bertz CT molecular complexity index is 418. The molecule has 6 heteroatoms. The lowest BCUT2D eigenvalue weighted by Crippen LogP contribution is -2.21. The van der Waals surface area contributed by atoms with E-state index in [1.54, 1.807) is 14.2 Å². The van der Waals surface area contributed by atoms with Crippen molar-refractivity contribution in [2.45, 2.75) is 13.3 Å². The minimum absolute atomic E-state index is 0.0437. The van der Waals surface area contributed by atoms with Crippen molar-refractivity contribution in [1.82, 2.24) is 0 Å². The van der Waals surface area contributed by atoms with Crippen LogP contribution >= 0.6 is 11.3 Å². The molecular weight excluding hydrogens is 252 g/mol. The number of carbonyl (C=O) groups excluding carboxylic acids is 1. The smallest absolute Gasteiger partial charge is 0.177 e. The average Bonchev–Trinajstić information content (AvgIpc) is 2.72. The molecule has 0 bridgehead atoms. The van der Waals surface area contributed by atoms with Crippen molar-refractivity contribution in [3.63, 3.8) is 0 Å². The summed E-state index contributed by atoms with van der Waals surface area (Å²) in [4.78, 5) is 14.3. The summed E-state index contributed by atoms with van der Waals surface area (Å²) in [5.74, 6) is 0.623. The van der Waals surface area contributed by atoms with Crippen LogP contribution in [0.2, 0.25) is 0 Å². The molecule has 0 aromatic carbocycles. The number of nitrogen functional groups attached to an aromatic ring is 1. The molecule has 0 spiro atoms. The number of hydrogen-bond acceptors (Lipinski definition) is 6. The molecule has 2 N–H and O–H groups in total. The van der Waals surface area contributed by atoms with E-state index in [-0.39, 0.29) is 5.78 Å². The van der Waals surface area contributed by atoms with Crippen molar-refractivity contribution in [2.24, 2.45) is 0 Å². The first-order valence-corrected chi connectivity index (χ1v) is 6.57. The lowest BCUT2D eigenvalue weighted by Gasteiger charge is -2.17. The largest absolute Gasteiger partial charge is 0.492 e. The van der Waals surface area contributed by atoms with Gasteiger partial charge in [-0.1, -0.05) is 6.92 Å². The molecule has 0 unspecified atom stereocenters. The number of Topliss-reactive ketones (excluding diaryl/α,β-unsaturated/α-hetero) is 1. The highest BCUT2D eigenvalue weighted by atomic mass is 32.1. The summed E-state index contributed by atoms with van der Waals surface area (Å²) in [6, 6.07) is 0. The third-order valence-electron chi connectivity index (χ3n) is 2.64. The highest BCUT2D eigenvalue weighted by Crippen LogP contribution is 2.44. The molecule has 1 heterocycles. The summed E-state index contributed by atoms with van der Waals surface area (Å²) < 4.78 is 10.3. The minimum Gasteiger partial charge on any atom is -0.492 e. The fraction of sp³-hybridized carbons (Fsp3) is 0.583. The van der Waals surface area contributed by atoms with Crippen molar-refractivity contribution >= 4 is 27.8 Å². The highest BCUT2D eigenvalue weighted by Gasteiger charge is 2.22. The number of thiophene rings is 1. The number of rotatable bonds is 7. The molecule has 0 aliphatic rings. The van der Waals surface area contributed by atoms with E-state index in [9.17, 15) is 4.79 Å². The average molecular weight is 272 g/mol. The number of anilines is 2. The maximum Gasteiger partial charge on any atom is 0.177 e. The number of ether oxygens (including phenoxy) is 2. The van der Waals surface area contributed by atoms with Gasteiger partial charge in [0.1, 0.15) is 5.00 Å². The topological polar surface area (TPSA) is 64.8 Å². The Balaban J connectivity index is 3.07. The van der Waals surface area contributed by atoms with E-state index in [0.717, 1.165) is 5.00 Å². The SMILES string of the molecule is CCC(=O)c1sc(N(C)CCOC)c(OC)c1N. The summed E-state index contributed by atoms with van der Waals surface area (Å²) in [6.07, 6.45) is 0.440. The maximum absolute atomic E-state index is 11.8. The van der Waals surface area contributed by atoms with E-state index < -0.39 is 0 Å². The van der Waals surface area contributed by atoms with Gasteiger partial charge in [0.05, 0.1) is 24.3 Å². The van der Waals surface area contributed by atoms with E-state index in [1.807, 2.05) is 18.9 Å². The zero-order valence-corrected chi connectivity index (χ0v) is 12.1. The second-order valence-corrected chi connectivity index (χ2v) is 4.87. The Kier molecular flexibility index (Phi) is 5.43. The van der Waals surface area contributed by atoms with Crippen molar-refractivity contribution < 1.29 is 14.3 Å². The van der Waals surface area contributed by atoms with E-state index in [2.05, 4.69) is 0 Å². The number of carbonyl (C=O) groups is 1. The first-order chi connectivity index (χ1) is 8.56. The van der Waals surface area contributed by atoms with Gasteiger partial charge in [0.25, 0.3) is 0 Å². The molecule has 1 aromatic heterocycles. The zero-order chi connectivity index (χ0) is 13.7. The van der Waals surface area contributed by atoms with Gasteiger partial charge in [0.2, 0.25) is 0 Å². The third kappa shape index (κ3) is 2.94. The molecule has 0 saturated heterocycles. The lowest BCUT2D eigenvalue weighted by molar-refractivity contribution is 0.0992. The summed E-state index contributed by atoms with van der Waals surface area (Å²) in [5.41, 5.74) is 6.40. The fourth-order valence-electron chi connectivity index (χ4n) is 1.56. The molecule has 5 nitrogen and oxygen atoms in total. The summed E-state index contributed by atoms with van der Waals surface area (Å²) in [6.45, 7) is 3.14. The molecule has 0 aliphatic heterocycles. The molecule has 1 rings (SSSR count). The van der Waals surface area contributed by atoms with Crippen LogP contribution < -0.4 is 15.4 Å². The molecule has 0 atom stereocenters. The van der Waals surface area contributed by atoms with Crippen LogP contribution in [-0.2, 0) is 4.74 Å². The van der Waals surface area contributed by atoms with E-state index in [0.29, 0.717) is 35.9 Å². The summed E-state index contributed by atoms with van der Waals surface area (Å²) in [5, 5.41) is 0.865. The quantitative estimate of drug-likeness (QED) is 0.769. The van der Waals surface area contributed by atoms with Gasteiger partial charge in [-0.15, -0.1) is 11.3 Å². The zero-order valence-electron chi connectivity index (χ0n) is 11.3. The lowest BCUT2D eigenvalue weighted by atomic mass is 10.2. The van der Waals surface area contributed by atoms with Crippen LogP contribution in [0.4, 0.5) is 10.7 Å². The molecule has 18 heavy (non-hydrogen) atoms. The van der Waals surface area contributed by atoms with Crippen LogP contribution in [0.5, 0.6) is 5.75 Å². The van der Waals surface area contributed by atoms with E-state index >= 15 is 0 Å². The number of nitrogens with two attached hydrogens (primary N) is 1. The molecule has 1 aromatic rings. The number of nitrogens with zero attached hydrogens (tertiary/aromatic N) is 1. The van der Waals surface area contributed by atoms with Crippen LogP contribution in [-0.4, -0.2) is 40.2 Å². The minimum atomic E-state index is 0.0437. The van der Waals surface area contributed by atoms with Gasteiger partial charge in [0, 0.05) is 27.1 Å². The predicted octanol–water partition coefficient (Wildman–Crippen LogP) is 2.01. The predicted molar refractivity (Wildman–Crippen MR) is 75.1 cm³/mol. The first-order valence-electron chi connectivity index (χ1n) is 5.76. The number of hydrogen-bond donors (Lipinski definition) is 1. The van der Waals surface area contributed by atoms with E-state index in [1.165, 1.54) is 11.3 Å². The molecule has 0 fully saturated rings. The number of methoxy groups -OCH3 is 2. The monoisotopic (exact) mass is 272 g/mol. The van der Waals surface area contributed by atoms with Crippen LogP contribution in [0.1, 0.15) is 23.0 Å². The fourth-order valence-corrected chi connectivity index (χ4v) is 2.75. The van der Waals surface area contributed by atoms with Crippen LogP contribution in [0.25, 0.3) is 0 Å². The van der Waals surface area contributed by atoms with Crippen molar-refractivity contribution in [3.8, 4) is 5.75 Å². The van der Waals surface area contributed by atoms with Gasteiger partial charge in [-0.05, 0) is 0 Å². The molecular formula is C12H20N2O3S. The molecule has 0 aliphatic carbocycles. The Labute approximate surface area is 111 Å². The van der Waals surface area contributed by atoms with E-state index in [4.69, 9.17) is 15.2 Å². The van der Waals surface area contributed by atoms with Crippen LogP contribution in [0.15, 0.2) is 0 Å². The van der Waals surface area contributed by atoms with Crippen LogP contribution in [0.3, 0.4) is 0 Å². The third-order valence-corrected chi connectivity index (χ3v) is 3.98. The molecule has 102 valence electrons. The first kappa shape index (κ1) is 14.8. The Morgan fingerprint density at radius 3 is 2.61 bits per heavy atom. The molecule has 0 amide bonds. The van der Waals surface area contributed by atoms with Crippen molar-refractivity contribution in [2.75, 3.05) is 45.1 Å². The van der Waals surface area contributed by atoms with Gasteiger partial charge >= 0.3 is 0 Å². The standard InChI is InChI=1S/C12H20N2O3S/c1-5-8(15)11-9(13)10(17-4)12(18-11)14(2)6-7-16-3/h5-7,13H2,1-4H3. The second kappa shape index (κ2) is 6.61. The number of ketones is 1. The van der Waals surface area contributed by atoms with Gasteiger partial charge in [0.15, 0.2) is 11.5 Å². The Morgan fingerprint density at radius 1 is 1.44 bits per heavy atom. The Hall–Kier alpha value is -1.27. The number of likely N-dealkylation sites (N-methyl/N-ethyl adjacent to an activating group) is 1.